The second kappa shape index (κ2) is 9.16. The molecule has 0 saturated heterocycles. The van der Waals surface area contributed by atoms with Crippen molar-refractivity contribution in [1.29, 1.82) is 0 Å². The first-order valence-electron chi connectivity index (χ1n) is 8.25. The van der Waals surface area contributed by atoms with Gasteiger partial charge in [-0.3, -0.25) is 0 Å². The molecule has 0 saturated carbocycles. The molecule has 0 aromatic heterocycles. The minimum atomic E-state index is -0.0573. The van der Waals surface area contributed by atoms with Crippen LogP contribution in [0.15, 0.2) is 91.0 Å². The van der Waals surface area contributed by atoms with Crippen molar-refractivity contribution in [3.63, 3.8) is 0 Å². The highest BCUT2D eigenvalue weighted by molar-refractivity contribution is 8.93. The maximum atomic E-state index is 2.28. The van der Waals surface area contributed by atoms with Crippen LogP contribution in [-0.4, -0.2) is 12.3 Å². The van der Waals surface area contributed by atoms with Gasteiger partial charge in [0.05, 0.1) is 0 Å². The Labute approximate surface area is 157 Å². The van der Waals surface area contributed by atoms with Gasteiger partial charge >= 0.3 is 0 Å². The molecule has 1 unspecified atom stereocenters. The zero-order valence-electron chi connectivity index (χ0n) is 14.0. The quantitative estimate of drug-likeness (QED) is 0.337. The Bertz CT molecular complexity index is 614. The molecular formula is C22H24BrP. The molecule has 0 heterocycles. The van der Waals surface area contributed by atoms with Crippen LogP contribution in [0.4, 0.5) is 0 Å². The largest absolute Gasteiger partial charge is 0.121 e. The molecular weight excluding hydrogens is 375 g/mol. The van der Waals surface area contributed by atoms with Crippen molar-refractivity contribution < 1.29 is 0 Å². The molecule has 1 atom stereocenters. The topological polar surface area (TPSA) is 0 Å². The highest BCUT2D eigenvalue weighted by Crippen LogP contribution is 2.43. The van der Waals surface area contributed by atoms with Crippen molar-refractivity contribution in [2.75, 3.05) is 12.3 Å². The summed E-state index contributed by atoms with van der Waals surface area (Å²) in [5.74, 6) is 0. The molecule has 0 spiro atoms. The smallest absolute Gasteiger partial charge is 0.0487 e. The highest BCUT2D eigenvalue weighted by atomic mass is 79.9. The van der Waals surface area contributed by atoms with Gasteiger partial charge in [-0.1, -0.05) is 97.9 Å². The molecule has 0 nitrogen and oxygen atoms in total. The van der Waals surface area contributed by atoms with E-state index in [9.17, 15) is 0 Å². The van der Waals surface area contributed by atoms with Crippen molar-refractivity contribution in [3.05, 3.63) is 108 Å². The lowest BCUT2D eigenvalue weighted by Crippen LogP contribution is -2.32. The highest BCUT2D eigenvalue weighted by Gasteiger charge is 2.35. The van der Waals surface area contributed by atoms with Gasteiger partial charge in [0.15, 0.2) is 0 Å². The maximum absolute atomic E-state index is 2.28. The van der Waals surface area contributed by atoms with Crippen LogP contribution in [0.25, 0.3) is 0 Å². The Hall–Kier alpha value is -1.43. The molecule has 0 amide bonds. The van der Waals surface area contributed by atoms with Gasteiger partial charge < -0.3 is 0 Å². The van der Waals surface area contributed by atoms with Crippen molar-refractivity contribution in [1.82, 2.24) is 0 Å². The fourth-order valence-electron chi connectivity index (χ4n) is 3.29. The molecule has 3 aromatic carbocycles. The van der Waals surface area contributed by atoms with E-state index in [1.54, 1.807) is 0 Å². The molecule has 3 rings (SSSR count). The first-order chi connectivity index (χ1) is 11.4. The van der Waals surface area contributed by atoms with Gasteiger partial charge in [0.1, 0.15) is 0 Å². The van der Waals surface area contributed by atoms with Crippen LogP contribution >= 0.6 is 25.6 Å². The Morgan fingerprint density at radius 1 is 0.625 bits per heavy atom. The molecule has 0 radical (unpaired) electrons. The minimum Gasteiger partial charge on any atom is -0.121 e. The van der Waals surface area contributed by atoms with Crippen LogP contribution in [0.3, 0.4) is 0 Å². The van der Waals surface area contributed by atoms with Crippen molar-refractivity contribution in [2.45, 2.75) is 12.3 Å². The number of hydrogen-bond donors (Lipinski definition) is 0. The van der Waals surface area contributed by atoms with E-state index in [4.69, 9.17) is 0 Å². The molecule has 0 N–H and O–H groups in total. The predicted octanol–water partition coefficient (Wildman–Crippen LogP) is 6.30. The van der Waals surface area contributed by atoms with E-state index in [1.807, 2.05) is 0 Å². The summed E-state index contributed by atoms with van der Waals surface area (Å²) in [6.45, 7) is 2.28. The molecule has 24 heavy (non-hydrogen) atoms. The zero-order chi connectivity index (χ0) is 16.0. The molecule has 124 valence electrons. The summed E-state index contributed by atoms with van der Waals surface area (Å²) >= 11 is 0. The molecule has 0 fully saturated rings. The summed E-state index contributed by atoms with van der Waals surface area (Å²) in [6.07, 6.45) is 2.38. The fraction of sp³-hybridized carbons (Fsp3) is 0.182. The Morgan fingerprint density at radius 2 is 0.958 bits per heavy atom. The maximum Gasteiger partial charge on any atom is 0.0487 e. The second-order valence-corrected chi connectivity index (χ2v) is 7.34. The number of hydrogen-bond acceptors (Lipinski definition) is 0. The fourth-order valence-corrected chi connectivity index (χ4v) is 4.52. The molecule has 0 aliphatic rings. The zero-order valence-corrected chi connectivity index (χ0v) is 16.7. The predicted molar refractivity (Wildman–Crippen MR) is 113 cm³/mol. The average molecular weight is 399 g/mol. The summed E-state index contributed by atoms with van der Waals surface area (Å²) in [7, 11) is 0.943. The van der Waals surface area contributed by atoms with Gasteiger partial charge in [-0.15, -0.1) is 25.6 Å². The molecule has 0 bridgehead atoms. The lowest BCUT2D eigenvalue weighted by molar-refractivity contribution is 0.702. The van der Waals surface area contributed by atoms with Gasteiger partial charge in [0.2, 0.25) is 0 Å². The van der Waals surface area contributed by atoms with Crippen LogP contribution in [0, 0.1) is 0 Å². The van der Waals surface area contributed by atoms with E-state index in [-0.39, 0.29) is 22.4 Å². The summed E-state index contributed by atoms with van der Waals surface area (Å²) in [6, 6.07) is 32.9. The lowest BCUT2D eigenvalue weighted by atomic mass is 9.71. The standard InChI is InChI=1S/C22H23P.BrH/c1-2-23-18-22(19-12-6-3-7-13-19,20-14-8-4-9-15-20)21-16-10-5-11-17-21;/h3-17,23H,2,18H2,1H3;1H. The second-order valence-electron chi connectivity index (χ2n) is 5.78. The van der Waals surface area contributed by atoms with Crippen molar-refractivity contribution in [3.8, 4) is 0 Å². The van der Waals surface area contributed by atoms with Gasteiger partial charge in [0, 0.05) is 5.41 Å². The third kappa shape index (κ3) is 3.79. The number of benzene rings is 3. The third-order valence-electron chi connectivity index (χ3n) is 4.44. The number of rotatable bonds is 6. The van der Waals surface area contributed by atoms with Gasteiger partial charge in [-0.2, -0.15) is 0 Å². The SMILES string of the molecule is Br.CCPCC(c1ccccc1)(c1ccccc1)c1ccccc1. The Morgan fingerprint density at radius 3 is 1.25 bits per heavy atom. The Kier molecular flexibility index (Phi) is 7.21. The number of halogens is 1. The van der Waals surface area contributed by atoms with Crippen molar-refractivity contribution >= 4 is 25.6 Å². The lowest BCUT2D eigenvalue weighted by Gasteiger charge is -2.36. The molecule has 2 heteroatoms. The van der Waals surface area contributed by atoms with E-state index in [0.717, 1.165) is 14.7 Å². The van der Waals surface area contributed by atoms with E-state index in [2.05, 4.69) is 97.9 Å². The van der Waals surface area contributed by atoms with Crippen LogP contribution in [0.5, 0.6) is 0 Å². The van der Waals surface area contributed by atoms with Crippen LogP contribution in [-0.2, 0) is 5.41 Å². The summed E-state index contributed by atoms with van der Waals surface area (Å²) < 4.78 is 0. The first kappa shape index (κ1) is 18.9. The van der Waals surface area contributed by atoms with E-state index in [0.29, 0.717) is 0 Å². The van der Waals surface area contributed by atoms with Gasteiger partial charge in [-0.05, 0) is 29.0 Å². The van der Waals surface area contributed by atoms with Crippen LogP contribution in [0.2, 0.25) is 0 Å². The molecule has 3 aromatic rings. The normalized spacial score (nSPS) is 11.4. The third-order valence-corrected chi connectivity index (χ3v) is 5.72. The van der Waals surface area contributed by atoms with E-state index >= 15 is 0 Å². The summed E-state index contributed by atoms with van der Waals surface area (Å²) in [4.78, 5) is 0. The minimum absolute atomic E-state index is 0. The summed E-state index contributed by atoms with van der Waals surface area (Å²) in [5, 5.41) is 0. The van der Waals surface area contributed by atoms with Crippen LogP contribution in [0.1, 0.15) is 23.6 Å². The monoisotopic (exact) mass is 398 g/mol. The first-order valence-corrected chi connectivity index (χ1v) is 9.66. The van der Waals surface area contributed by atoms with E-state index < -0.39 is 0 Å². The summed E-state index contributed by atoms with van der Waals surface area (Å²) in [5.41, 5.74) is 4.10. The van der Waals surface area contributed by atoms with Gasteiger partial charge in [-0.25, -0.2) is 0 Å². The van der Waals surface area contributed by atoms with Crippen molar-refractivity contribution in [2.24, 2.45) is 0 Å². The van der Waals surface area contributed by atoms with Gasteiger partial charge in [0.25, 0.3) is 0 Å². The van der Waals surface area contributed by atoms with E-state index in [1.165, 1.54) is 22.9 Å². The molecule has 0 aliphatic heterocycles. The molecule has 0 aliphatic carbocycles. The Balaban J connectivity index is 0.00000208. The van der Waals surface area contributed by atoms with Crippen LogP contribution < -0.4 is 0 Å². The average Bonchev–Trinajstić information content (AvgIpc) is 2.65.